The molecule has 1 saturated heterocycles. The maximum absolute atomic E-state index is 13.0. The highest BCUT2D eigenvalue weighted by Crippen LogP contribution is 2.38. The van der Waals surface area contributed by atoms with Crippen molar-refractivity contribution >= 4 is 51.4 Å². The van der Waals surface area contributed by atoms with Crippen LogP contribution in [0.4, 0.5) is 10.5 Å². The Hall–Kier alpha value is -4.18. The summed E-state index contributed by atoms with van der Waals surface area (Å²) in [5.74, 6) is -0.812. The Morgan fingerprint density at radius 2 is 1.83 bits per heavy atom. The lowest BCUT2D eigenvalue weighted by Gasteiger charge is -2.18. The minimum absolute atomic E-state index is 0.0166. The fourth-order valence-electron chi connectivity index (χ4n) is 3.65. The maximum atomic E-state index is 13.0. The standard InChI is InChI=1S/C25H20N2O7S/c1-15(24(29)33-2)26-23(28)22(35-25(26)30)13-20-19-6-4-3-5-17(19)9-12-21(20)34-14-16-7-10-18(11-8-16)27(31)32/h3-13,15H,14H2,1-2H3/b22-13+/t15-/m1/s1. The van der Waals surface area contributed by atoms with Crippen molar-refractivity contribution in [2.45, 2.75) is 19.6 Å². The quantitative estimate of drug-likeness (QED) is 0.197. The van der Waals surface area contributed by atoms with Crippen molar-refractivity contribution in [1.29, 1.82) is 0 Å². The van der Waals surface area contributed by atoms with E-state index in [0.29, 0.717) is 11.3 Å². The zero-order chi connectivity index (χ0) is 25.1. The summed E-state index contributed by atoms with van der Waals surface area (Å²) in [6.45, 7) is 1.57. The second-order valence-corrected chi connectivity index (χ2v) is 8.65. The molecule has 9 nitrogen and oxygen atoms in total. The first-order chi connectivity index (χ1) is 16.8. The monoisotopic (exact) mass is 492 g/mol. The molecule has 1 fully saturated rings. The normalized spacial score (nSPS) is 15.5. The number of amides is 2. The smallest absolute Gasteiger partial charge is 0.328 e. The van der Waals surface area contributed by atoms with Crippen LogP contribution in [0.3, 0.4) is 0 Å². The van der Waals surface area contributed by atoms with Crippen molar-refractivity contribution < 1.29 is 28.8 Å². The summed E-state index contributed by atoms with van der Waals surface area (Å²) in [4.78, 5) is 48.9. The average molecular weight is 493 g/mol. The van der Waals surface area contributed by atoms with Crippen LogP contribution in [-0.2, 0) is 20.9 Å². The molecule has 0 radical (unpaired) electrons. The third kappa shape index (κ3) is 4.87. The fraction of sp³-hybridized carbons (Fsp3) is 0.160. The SMILES string of the molecule is COC(=O)[C@@H](C)N1C(=O)S/C(=C/c2c(OCc3ccc([N+](=O)[O-])cc3)ccc3ccccc23)C1=O. The van der Waals surface area contributed by atoms with Gasteiger partial charge in [0.2, 0.25) is 0 Å². The summed E-state index contributed by atoms with van der Waals surface area (Å²) in [5, 5.41) is 12.0. The number of hydrogen-bond donors (Lipinski definition) is 0. The second kappa shape index (κ2) is 9.98. The number of fused-ring (bicyclic) bond motifs is 1. The Labute approximate surface area is 204 Å². The molecule has 3 aromatic carbocycles. The first-order valence-corrected chi connectivity index (χ1v) is 11.3. The summed E-state index contributed by atoms with van der Waals surface area (Å²) in [6, 6.07) is 16.1. The third-order valence-corrected chi connectivity index (χ3v) is 6.38. The maximum Gasteiger partial charge on any atom is 0.328 e. The van der Waals surface area contributed by atoms with Crippen LogP contribution in [0.25, 0.3) is 16.8 Å². The number of carbonyl (C=O) groups excluding carboxylic acids is 3. The highest BCUT2D eigenvalue weighted by Gasteiger charge is 2.41. The molecule has 0 aliphatic carbocycles. The number of imide groups is 1. The lowest BCUT2D eigenvalue weighted by atomic mass is 10.0. The number of hydrogen-bond acceptors (Lipinski definition) is 8. The molecule has 178 valence electrons. The lowest BCUT2D eigenvalue weighted by molar-refractivity contribution is -0.384. The summed E-state index contributed by atoms with van der Waals surface area (Å²) in [5.41, 5.74) is 1.31. The summed E-state index contributed by atoms with van der Waals surface area (Å²) < 4.78 is 10.7. The van der Waals surface area contributed by atoms with Crippen LogP contribution in [0.2, 0.25) is 0 Å². The van der Waals surface area contributed by atoms with E-state index in [4.69, 9.17) is 4.74 Å². The predicted molar refractivity (Wildman–Crippen MR) is 131 cm³/mol. The van der Waals surface area contributed by atoms with Crippen molar-refractivity contribution in [1.82, 2.24) is 4.90 Å². The first-order valence-electron chi connectivity index (χ1n) is 10.5. The topological polar surface area (TPSA) is 116 Å². The van der Waals surface area contributed by atoms with Gasteiger partial charge in [0.1, 0.15) is 18.4 Å². The molecule has 35 heavy (non-hydrogen) atoms. The van der Waals surface area contributed by atoms with Gasteiger partial charge in [0, 0.05) is 17.7 Å². The number of carbonyl (C=O) groups is 3. The van der Waals surface area contributed by atoms with Crippen molar-refractivity contribution in [2.75, 3.05) is 7.11 Å². The van der Waals surface area contributed by atoms with Gasteiger partial charge in [-0.2, -0.15) is 0 Å². The van der Waals surface area contributed by atoms with Crippen LogP contribution in [0.15, 0.2) is 65.6 Å². The van der Waals surface area contributed by atoms with Crippen molar-refractivity contribution in [2.24, 2.45) is 0 Å². The molecule has 0 bridgehead atoms. The molecule has 3 aromatic rings. The van der Waals surface area contributed by atoms with Gasteiger partial charge in [0.05, 0.1) is 16.9 Å². The van der Waals surface area contributed by atoms with Crippen LogP contribution < -0.4 is 4.74 Å². The molecule has 0 saturated carbocycles. The number of nitro benzene ring substituents is 1. The number of non-ortho nitro benzene ring substituents is 1. The van der Waals surface area contributed by atoms with E-state index in [9.17, 15) is 24.5 Å². The largest absolute Gasteiger partial charge is 0.488 e. The number of nitro groups is 1. The Morgan fingerprint density at radius 3 is 2.51 bits per heavy atom. The predicted octanol–water partition coefficient (Wildman–Crippen LogP) is 4.92. The van der Waals surface area contributed by atoms with Crippen LogP contribution in [0.1, 0.15) is 18.1 Å². The van der Waals surface area contributed by atoms with Crippen LogP contribution in [-0.4, -0.2) is 40.1 Å². The van der Waals surface area contributed by atoms with E-state index >= 15 is 0 Å². The van der Waals surface area contributed by atoms with E-state index < -0.39 is 28.1 Å². The average Bonchev–Trinajstić information content (AvgIpc) is 3.15. The minimum Gasteiger partial charge on any atom is -0.488 e. The molecular formula is C25H20N2O7S. The van der Waals surface area contributed by atoms with Gasteiger partial charge in [-0.25, -0.2) is 4.79 Å². The van der Waals surface area contributed by atoms with E-state index in [1.54, 1.807) is 24.3 Å². The van der Waals surface area contributed by atoms with Crippen LogP contribution in [0, 0.1) is 10.1 Å². The number of nitrogens with zero attached hydrogens (tertiary/aromatic N) is 2. The van der Waals surface area contributed by atoms with Crippen molar-refractivity contribution in [3.8, 4) is 5.75 Å². The van der Waals surface area contributed by atoms with Gasteiger partial charge in [0.25, 0.3) is 16.8 Å². The summed E-state index contributed by atoms with van der Waals surface area (Å²) in [6.07, 6.45) is 1.59. The van der Waals surface area contributed by atoms with E-state index in [1.165, 1.54) is 26.2 Å². The van der Waals surface area contributed by atoms with E-state index in [2.05, 4.69) is 4.74 Å². The Bertz CT molecular complexity index is 1370. The summed E-state index contributed by atoms with van der Waals surface area (Å²) in [7, 11) is 1.19. The lowest BCUT2D eigenvalue weighted by Crippen LogP contribution is -2.42. The number of ether oxygens (including phenoxy) is 2. The van der Waals surface area contributed by atoms with Crippen molar-refractivity contribution in [3.63, 3.8) is 0 Å². The van der Waals surface area contributed by atoms with Crippen LogP contribution >= 0.6 is 11.8 Å². The number of thioether (sulfide) groups is 1. The number of rotatable bonds is 7. The molecule has 1 aliphatic rings. The molecule has 0 spiro atoms. The fourth-order valence-corrected chi connectivity index (χ4v) is 4.54. The first kappa shape index (κ1) is 24.0. The molecule has 4 rings (SSSR count). The van der Waals surface area contributed by atoms with Crippen molar-refractivity contribution in [3.05, 3.63) is 86.8 Å². The van der Waals surface area contributed by atoms with Gasteiger partial charge in [0.15, 0.2) is 0 Å². The van der Waals surface area contributed by atoms with E-state index in [0.717, 1.165) is 33.0 Å². The van der Waals surface area contributed by atoms with Gasteiger partial charge >= 0.3 is 5.97 Å². The van der Waals surface area contributed by atoms with Gasteiger partial charge in [-0.05, 0) is 59.3 Å². The zero-order valence-electron chi connectivity index (χ0n) is 18.8. The second-order valence-electron chi connectivity index (χ2n) is 7.66. The Morgan fingerprint density at radius 1 is 1.11 bits per heavy atom. The molecule has 0 unspecified atom stereocenters. The molecule has 0 aromatic heterocycles. The number of esters is 1. The van der Waals surface area contributed by atoms with Gasteiger partial charge < -0.3 is 9.47 Å². The van der Waals surface area contributed by atoms with Gasteiger partial charge in [-0.3, -0.25) is 24.6 Å². The highest BCUT2D eigenvalue weighted by molar-refractivity contribution is 8.18. The van der Waals surface area contributed by atoms with Crippen LogP contribution in [0.5, 0.6) is 5.75 Å². The molecular weight excluding hydrogens is 472 g/mol. The minimum atomic E-state index is -1.05. The molecule has 0 N–H and O–H groups in total. The van der Waals surface area contributed by atoms with E-state index in [-0.39, 0.29) is 17.2 Å². The molecule has 2 amide bonds. The van der Waals surface area contributed by atoms with E-state index in [1.807, 2.05) is 30.3 Å². The molecule has 10 heteroatoms. The number of methoxy groups -OCH3 is 1. The van der Waals surface area contributed by atoms with Gasteiger partial charge in [-0.15, -0.1) is 0 Å². The number of benzene rings is 3. The highest BCUT2D eigenvalue weighted by atomic mass is 32.2. The molecule has 1 aliphatic heterocycles. The Balaban J connectivity index is 1.68. The molecule has 1 atom stereocenters. The Kier molecular flexibility index (Phi) is 6.83. The molecule has 1 heterocycles. The zero-order valence-corrected chi connectivity index (χ0v) is 19.6. The summed E-state index contributed by atoms with van der Waals surface area (Å²) >= 11 is 0.740. The third-order valence-electron chi connectivity index (χ3n) is 5.50. The van der Waals surface area contributed by atoms with Gasteiger partial charge in [-0.1, -0.05) is 30.3 Å².